The van der Waals surface area contributed by atoms with E-state index < -0.39 is 6.04 Å². The second-order valence-electron chi connectivity index (χ2n) is 7.62. The second kappa shape index (κ2) is 7.40. The maximum Gasteiger partial charge on any atom is 0.275 e. The first-order valence-electron chi connectivity index (χ1n) is 10.1. The number of aromatic nitrogens is 2. The van der Waals surface area contributed by atoms with Gasteiger partial charge in [0, 0.05) is 24.3 Å². The molecule has 2 amide bonds. The number of fused-ring (bicyclic) bond motifs is 1. The van der Waals surface area contributed by atoms with Gasteiger partial charge in [0.05, 0.1) is 5.69 Å². The number of amides is 2. The smallest absolute Gasteiger partial charge is 0.275 e. The Morgan fingerprint density at radius 3 is 2.60 bits per heavy atom. The lowest BCUT2D eigenvalue weighted by molar-refractivity contribution is -0.128. The van der Waals surface area contributed by atoms with Crippen LogP contribution < -0.4 is 5.32 Å². The summed E-state index contributed by atoms with van der Waals surface area (Å²) in [5.41, 5.74) is 3.81. The SMILES string of the molecule is O=C1NCCN(C(=O)c2nn(-c3ccc(F)cc3)c3c2CCC3)C1c1ccccc1. The van der Waals surface area contributed by atoms with Crippen LogP contribution in [0, 0.1) is 5.82 Å². The third-order valence-electron chi connectivity index (χ3n) is 5.79. The summed E-state index contributed by atoms with van der Waals surface area (Å²) in [6.07, 6.45) is 2.53. The number of benzene rings is 2. The van der Waals surface area contributed by atoms with Crippen LogP contribution in [0.2, 0.25) is 0 Å². The van der Waals surface area contributed by atoms with E-state index in [4.69, 9.17) is 0 Å². The van der Waals surface area contributed by atoms with Crippen LogP contribution in [0.15, 0.2) is 54.6 Å². The van der Waals surface area contributed by atoms with Crippen LogP contribution in [0.1, 0.15) is 39.8 Å². The normalized spacial score (nSPS) is 18.2. The molecule has 3 aromatic rings. The van der Waals surface area contributed by atoms with Crippen molar-refractivity contribution in [2.45, 2.75) is 25.3 Å². The summed E-state index contributed by atoms with van der Waals surface area (Å²) in [5, 5.41) is 7.49. The minimum atomic E-state index is -0.680. The van der Waals surface area contributed by atoms with Crippen LogP contribution >= 0.6 is 0 Å². The number of piperazine rings is 1. The number of nitrogens with one attached hydrogen (secondary N) is 1. The molecule has 0 saturated carbocycles. The van der Waals surface area contributed by atoms with Gasteiger partial charge in [-0.3, -0.25) is 9.59 Å². The Bertz CT molecular complexity index is 1110. The lowest BCUT2D eigenvalue weighted by Gasteiger charge is -2.35. The standard InChI is InChI=1S/C23H21FN4O2/c24-16-9-11-17(12-10-16)28-19-8-4-7-18(19)20(26-28)23(30)27-14-13-25-22(29)21(27)15-5-2-1-3-6-15/h1-3,5-6,9-12,21H,4,7-8,13-14H2,(H,25,29). The molecule has 0 spiro atoms. The Balaban J connectivity index is 1.55. The molecule has 1 aromatic heterocycles. The average molecular weight is 404 g/mol. The van der Waals surface area contributed by atoms with E-state index in [1.807, 2.05) is 30.3 Å². The summed E-state index contributed by atoms with van der Waals surface area (Å²) >= 11 is 0. The van der Waals surface area contributed by atoms with E-state index in [2.05, 4.69) is 10.4 Å². The zero-order valence-corrected chi connectivity index (χ0v) is 16.3. The Hall–Kier alpha value is -3.48. The summed E-state index contributed by atoms with van der Waals surface area (Å²) in [5.74, 6) is -0.739. The first-order chi connectivity index (χ1) is 14.6. The summed E-state index contributed by atoms with van der Waals surface area (Å²) in [4.78, 5) is 27.9. The highest BCUT2D eigenvalue weighted by Gasteiger charge is 2.38. The molecule has 2 heterocycles. The van der Waals surface area contributed by atoms with Crippen molar-refractivity contribution in [1.29, 1.82) is 0 Å². The Morgan fingerprint density at radius 2 is 1.83 bits per heavy atom. The van der Waals surface area contributed by atoms with Gasteiger partial charge in [-0.25, -0.2) is 9.07 Å². The van der Waals surface area contributed by atoms with Crippen LogP contribution in [0.25, 0.3) is 5.69 Å². The highest BCUT2D eigenvalue weighted by Crippen LogP contribution is 2.31. The maximum atomic E-state index is 13.6. The van der Waals surface area contributed by atoms with Gasteiger partial charge < -0.3 is 10.2 Å². The van der Waals surface area contributed by atoms with E-state index in [0.29, 0.717) is 18.8 Å². The van der Waals surface area contributed by atoms with Crippen molar-refractivity contribution in [3.8, 4) is 5.69 Å². The number of hydrogen-bond acceptors (Lipinski definition) is 3. The minimum Gasteiger partial charge on any atom is -0.352 e. The van der Waals surface area contributed by atoms with Gasteiger partial charge in [0.15, 0.2) is 5.69 Å². The van der Waals surface area contributed by atoms with Crippen LogP contribution in [0.5, 0.6) is 0 Å². The fourth-order valence-electron chi connectivity index (χ4n) is 4.39. The first kappa shape index (κ1) is 18.5. The largest absolute Gasteiger partial charge is 0.352 e. The fraction of sp³-hybridized carbons (Fsp3) is 0.261. The molecule has 5 rings (SSSR count). The van der Waals surface area contributed by atoms with E-state index in [1.165, 1.54) is 12.1 Å². The fourth-order valence-corrected chi connectivity index (χ4v) is 4.39. The van der Waals surface area contributed by atoms with Crippen molar-refractivity contribution in [3.05, 3.63) is 82.9 Å². The van der Waals surface area contributed by atoms with Crippen LogP contribution in [-0.4, -0.2) is 39.6 Å². The highest BCUT2D eigenvalue weighted by atomic mass is 19.1. The molecule has 1 saturated heterocycles. The zero-order chi connectivity index (χ0) is 20.7. The molecule has 1 aliphatic carbocycles. The quantitative estimate of drug-likeness (QED) is 0.730. The molecule has 0 radical (unpaired) electrons. The number of hydrogen-bond donors (Lipinski definition) is 1. The third kappa shape index (κ3) is 3.07. The molecule has 30 heavy (non-hydrogen) atoms. The first-order valence-corrected chi connectivity index (χ1v) is 10.1. The molecule has 152 valence electrons. The van der Waals surface area contributed by atoms with Crippen molar-refractivity contribution in [2.75, 3.05) is 13.1 Å². The van der Waals surface area contributed by atoms with Crippen molar-refractivity contribution >= 4 is 11.8 Å². The van der Waals surface area contributed by atoms with Crippen molar-refractivity contribution in [1.82, 2.24) is 20.0 Å². The molecule has 6 nitrogen and oxygen atoms in total. The van der Waals surface area contributed by atoms with Gasteiger partial charge in [0.1, 0.15) is 11.9 Å². The predicted molar refractivity (Wildman–Crippen MR) is 109 cm³/mol. The lowest BCUT2D eigenvalue weighted by atomic mass is 10.0. The van der Waals surface area contributed by atoms with Crippen molar-refractivity contribution in [2.24, 2.45) is 0 Å². The topological polar surface area (TPSA) is 67.2 Å². The van der Waals surface area contributed by atoms with Gasteiger partial charge in [0.2, 0.25) is 5.91 Å². The van der Waals surface area contributed by atoms with Crippen LogP contribution in [0.3, 0.4) is 0 Å². The van der Waals surface area contributed by atoms with Crippen molar-refractivity contribution in [3.63, 3.8) is 0 Å². The number of halogens is 1. The molecule has 1 unspecified atom stereocenters. The van der Waals surface area contributed by atoms with Crippen molar-refractivity contribution < 1.29 is 14.0 Å². The summed E-state index contributed by atoms with van der Waals surface area (Å²) < 4.78 is 15.1. The van der Waals surface area contributed by atoms with Crippen LogP contribution in [0.4, 0.5) is 4.39 Å². The lowest BCUT2D eigenvalue weighted by Crippen LogP contribution is -2.52. The average Bonchev–Trinajstić information content (AvgIpc) is 3.37. The van der Waals surface area contributed by atoms with E-state index in [-0.39, 0.29) is 17.6 Å². The predicted octanol–water partition coefficient (Wildman–Crippen LogP) is 2.81. The molecule has 1 N–H and O–H groups in total. The number of rotatable bonds is 3. The molecule has 2 aliphatic rings. The Kier molecular flexibility index (Phi) is 4.58. The molecule has 7 heteroatoms. The molecule has 2 aromatic carbocycles. The number of carbonyl (C=O) groups excluding carboxylic acids is 2. The highest BCUT2D eigenvalue weighted by molar-refractivity contribution is 5.98. The molecule has 1 atom stereocenters. The zero-order valence-electron chi connectivity index (χ0n) is 16.3. The molecular formula is C23H21FN4O2. The van der Waals surface area contributed by atoms with Gasteiger partial charge in [-0.15, -0.1) is 0 Å². The molecule has 1 aliphatic heterocycles. The maximum absolute atomic E-state index is 13.6. The van der Waals surface area contributed by atoms with Crippen LogP contribution in [-0.2, 0) is 17.6 Å². The van der Waals surface area contributed by atoms with Gasteiger partial charge >= 0.3 is 0 Å². The molecule has 0 bridgehead atoms. The third-order valence-corrected chi connectivity index (χ3v) is 5.79. The Morgan fingerprint density at radius 1 is 1.07 bits per heavy atom. The van der Waals surface area contributed by atoms with Gasteiger partial charge in [-0.2, -0.15) is 5.10 Å². The number of carbonyl (C=O) groups is 2. The monoisotopic (exact) mass is 404 g/mol. The minimum absolute atomic E-state index is 0.185. The molecule has 1 fully saturated rings. The van der Waals surface area contributed by atoms with Gasteiger partial charge in [-0.05, 0) is 49.1 Å². The van der Waals surface area contributed by atoms with E-state index >= 15 is 0 Å². The van der Waals surface area contributed by atoms with E-state index in [1.54, 1.807) is 21.7 Å². The van der Waals surface area contributed by atoms with E-state index in [0.717, 1.165) is 41.8 Å². The van der Waals surface area contributed by atoms with Gasteiger partial charge in [-0.1, -0.05) is 30.3 Å². The molecular weight excluding hydrogens is 383 g/mol. The second-order valence-corrected chi connectivity index (χ2v) is 7.62. The van der Waals surface area contributed by atoms with Gasteiger partial charge in [0.25, 0.3) is 5.91 Å². The number of nitrogens with zero attached hydrogens (tertiary/aromatic N) is 3. The summed E-state index contributed by atoms with van der Waals surface area (Å²) in [6, 6.07) is 14.7. The summed E-state index contributed by atoms with van der Waals surface area (Å²) in [7, 11) is 0. The summed E-state index contributed by atoms with van der Waals surface area (Å²) in [6.45, 7) is 0.830. The Labute approximate surface area is 173 Å². The van der Waals surface area contributed by atoms with E-state index in [9.17, 15) is 14.0 Å².